The van der Waals surface area contributed by atoms with E-state index in [0.29, 0.717) is 16.6 Å². The van der Waals surface area contributed by atoms with Crippen molar-refractivity contribution in [3.8, 4) is 11.5 Å². The summed E-state index contributed by atoms with van der Waals surface area (Å²) < 4.78 is 10.3. The van der Waals surface area contributed by atoms with Crippen molar-refractivity contribution in [3.63, 3.8) is 0 Å². The summed E-state index contributed by atoms with van der Waals surface area (Å²) in [5, 5.41) is 13.1. The van der Waals surface area contributed by atoms with Crippen molar-refractivity contribution in [1.29, 1.82) is 0 Å². The molecule has 0 aliphatic rings. The molecule has 100 valence electrons. The Morgan fingerprint density at radius 3 is 2.89 bits per heavy atom. The van der Waals surface area contributed by atoms with E-state index in [4.69, 9.17) is 15.2 Å². The van der Waals surface area contributed by atoms with Gasteiger partial charge in [-0.3, -0.25) is 10.1 Å². The number of hydrogen-bond donors (Lipinski definition) is 1. The number of nitro benzene ring substituents is 1. The molecule has 0 aliphatic heterocycles. The van der Waals surface area contributed by atoms with Gasteiger partial charge < -0.3 is 15.2 Å². The first-order chi connectivity index (χ1) is 9.10. The van der Waals surface area contributed by atoms with Crippen molar-refractivity contribution in [2.24, 2.45) is 0 Å². The van der Waals surface area contributed by atoms with Crippen LogP contribution in [0, 0.1) is 10.1 Å². The lowest BCUT2D eigenvalue weighted by atomic mass is 10.3. The van der Waals surface area contributed by atoms with Crippen LogP contribution in [0.2, 0.25) is 0 Å². The highest BCUT2D eigenvalue weighted by atomic mass is 32.1. The molecule has 1 aromatic carbocycles. The molecule has 2 aromatic rings. The molecule has 0 amide bonds. The molecular weight excluding hydrogens is 270 g/mol. The van der Waals surface area contributed by atoms with Gasteiger partial charge in [-0.05, 0) is 12.1 Å². The number of benzene rings is 1. The first kappa shape index (κ1) is 13.1. The van der Waals surface area contributed by atoms with Crippen LogP contribution in [-0.4, -0.2) is 17.0 Å². The summed E-state index contributed by atoms with van der Waals surface area (Å²) in [6.07, 6.45) is 0. The standard InChI is InChI=1S/C11H11N3O4S/c1-17-8-2-3-10(9(4-8)14(15)16)18-5-7-6-19-11(12)13-7/h2-4,6H,5H2,1H3,(H2,12,13). The number of nitrogens with zero attached hydrogens (tertiary/aromatic N) is 2. The van der Waals surface area contributed by atoms with Gasteiger partial charge in [0.25, 0.3) is 0 Å². The van der Waals surface area contributed by atoms with E-state index < -0.39 is 4.92 Å². The normalized spacial score (nSPS) is 10.2. The second kappa shape index (κ2) is 5.53. The van der Waals surface area contributed by atoms with Gasteiger partial charge in [-0.1, -0.05) is 0 Å². The number of aromatic nitrogens is 1. The molecule has 7 nitrogen and oxygen atoms in total. The van der Waals surface area contributed by atoms with E-state index >= 15 is 0 Å². The van der Waals surface area contributed by atoms with Crippen LogP contribution in [0.15, 0.2) is 23.6 Å². The van der Waals surface area contributed by atoms with E-state index in [0.717, 1.165) is 0 Å². The smallest absolute Gasteiger partial charge is 0.314 e. The molecule has 0 saturated carbocycles. The van der Waals surface area contributed by atoms with Crippen molar-refractivity contribution >= 4 is 22.2 Å². The quantitative estimate of drug-likeness (QED) is 0.666. The molecule has 2 rings (SSSR count). The number of hydrogen-bond acceptors (Lipinski definition) is 7. The van der Waals surface area contributed by atoms with Gasteiger partial charge in [0.1, 0.15) is 12.4 Å². The molecule has 1 heterocycles. The van der Waals surface area contributed by atoms with Gasteiger partial charge in [0, 0.05) is 5.38 Å². The summed E-state index contributed by atoms with van der Waals surface area (Å²) in [5.41, 5.74) is 5.97. The minimum absolute atomic E-state index is 0.126. The fourth-order valence-corrected chi connectivity index (χ4v) is 1.98. The Hall–Kier alpha value is -2.35. The molecule has 8 heteroatoms. The predicted molar refractivity (Wildman–Crippen MR) is 70.5 cm³/mol. The maximum atomic E-state index is 10.9. The number of thiazole rings is 1. The molecule has 0 radical (unpaired) electrons. The summed E-state index contributed by atoms with van der Waals surface area (Å²) >= 11 is 1.29. The van der Waals surface area contributed by atoms with E-state index in [9.17, 15) is 10.1 Å². The highest BCUT2D eigenvalue weighted by Gasteiger charge is 2.16. The van der Waals surface area contributed by atoms with Gasteiger partial charge in [-0.25, -0.2) is 4.98 Å². The SMILES string of the molecule is COc1ccc(OCc2csc(N)n2)c([N+](=O)[O-])c1. The van der Waals surface area contributed by atoms with E-state index in [1.165, 1.54) is 30.6 Å². The molecule has 0 spiro atoms. The molecule has 0 fully saturated rings. The van der Waals surface area contributed by atoms with Gasteiger partial charge >= 0.3 is 5.69 Å². The zero-order valence-corrected chi connectivity index (χ0v) is 10.8. The summed E-state index contributed by atoms with van der Waals surface area (Å²) in [5.74, 6) is 0.564. The summed E-state index contributed by atoms with van der Waals surface area (Å²) in [6, 6.07) is 4.40. The Morgan fingerprint density at radius 2 is 2.32 bits per heavy atom. The molecule has 2 N–H and O–H groups in total. The first-order valence-electron chi connectivity index (χ1n) is 5.25. The maximum absolute atomic E-state index is 10.9. The lowest BCUT2D eigenvalue weighted by Crippen LogP contribution is -2.00. The summed E-state index contributed by atoms with van der Waals surface area (Å²) in [7, 11) is 1.44. The first-order valence-corrected chi connectivity index (χ1v) is 6.13. The van der Waals surface area contributed by atoms with Crippen LogP contribution in [-0.2, 0) is 6.61 Å². The van der Waals surface area contributed by atoms with Gasteiger partial charge in [0.05, 0.1) is 23.8 Å². The van der Waals surface area contributed by atoms with Crippen LogP contribution in [0.4, 0.5) is 10.8 Å². The Morgan fingerprint density at radius 1 is 1.53 bits per heavy atom. The minimum atomic E-state index is -0.521. The molecule has 0 aliphatic carbocycles. The van der Waals surface area contributed by atoms with Gasteiger partial charge in [-0.15, -0.1) is 11.3 Å². The number of anilines is 1. The van der Waals surface area contributed by atoms with Gasteiger partial charge in [-0.2, -0.15) is 0 Å². The number of nitro groups is 1. The molecule has 19 heavy (non-hydrogen) atoms. The van der Waals surface area contributed by atoms with Crippen molar-refractivity contribution in [3.05, 3.63) is 39.4 Å². The average Bonchev–Trinajstić information content (AvgIpc) is 2.82. The summed E-state index contributed by atoms with van der Waals surface area (Å²) in [4.78, 5) is 14.4. The van der Waals surface area contributed by atoms with Crippen LogP contribution in [0.5, 0.6) is 11.5 Å². The molecular formula is C11H11N3O4S. The van der Waals surface area contributed by atoms with Crippen LogP contribution < -0.4 is 15.2 Å². The van der Waals surface area contributed by atoms with E-state index in [-0.39, 0.29) is 18.0 Å². The van der Waals surface area contributed by atoms with Crippen LogP contribution in [0.1, 0.15) is 5.69 Å². The third-order valence-corrected chi connectivity index (χ3v) is 3.03. The Kier molecular flexibility index (Phi) is 3.81. The largest absolute Gasteiger partial charge is 0.496 e. The zero-order chi connectivity index (χ0) is 13.8. The molecule has 0 unspecified atom stereocenters. The van der Waals surface area contributed by atoms with Crippen LogP contribution in [0.25, 0.3) is 0 Å². The maximum Gasteiger partial charge on any atom is 0.314 e. The molecule has 0 atom stereocenters. The van der Waals surface area contributed by atoms with Crippen LogP contribution >= 0.6 is 11.3 Å². The van der Waals surface area contributed by atoms with Gasteiger partial charge in [0.2, 0.25) is 0 Å². The molecule has 0 saturated heterocycles. The van der Waals surface area contributed by atoms with Crippen molar-refractivity contribution in [2.75, 3.05) is 12.8 Å². The van der Waals surface area contributed by atoms with E-state index in [1.54, 1.807) is 11.4 Å². The fourth-order valence-electron chi connectivity index (χ4n) is 1.43. The zero-order valence-electron chi connectivity index (χ0n) is 10.0. The third-order valence-electron chi connectivity index (χ3n) is 2.31. The molecule has 0 bridgehead atoms. The number of rotatable bonds is 5. The van der Waals surface area contributed by atoms with E-state index in [2.05, 4.69) is 4.98 Å². The Balaban J connectivity index is 2.17. The number of ether oxygens (including phenoxy) is 2. The minimum Gasteiger partial charge on any atom is -0.496 e. The molecule has 1 aromatic heterocycles. The van der Waals surface area contributed by atoms with Crippen LogP contribution in [0.3, 0.4) is 0 Å². The number of nitrogens with two attached hydrogens (primary N) is 1. The monoisotopic (exact) mass is 281 g/mol. The second-order valence-corrected chi connectivity index (χ2v) is 4.45. The summed E-state index contributed by atoms with van der Waals surface area (Å²) in [6.45, 7) is 0.126. The lowest BCUT2D eigenvalue weighted by Gasteiger charge is -2.06. The fraction of sp³-hybridized carbons (Fsp3) is 0.182. The highest BCUT2D eigenvalue weighted by molar-refractivity contribution is 7.13. The third kappa shape index (κ3) is 3.10. The average molecular weight is 281 g/mol. The highest BCUT2D eigenvalue weighted by Crippen LogP contribution is 2.31. The van der Waals surface area contributed by atoms with Crippen molar-refractivity contribution in [2.45, 2.75) is 6.61 Å². The topological polar surface area (TPSA) is 101 Å². The Bertz CT molecular complexity index is 599. The lowest BCUT2D eigenvalue weighted by molar-refractivity contribution is -0.386. The second-order valence-electron chi connectivity index (χ2n) is 3.56. The Labute approximate surface area is 112 Å². The van der Waals surface area contributed by atoms with Crippen molar-refractivity contribution < 1.29 is 14.4 Å². The number of methoxy groups -OCH3 is 1. The van der Waals surface area contributed by atoms with E-state index in [1.807, 2.05) is 0 Å². The van der Waals surface area contributed by atoms with Crippen molar-refractivity contribution in [1.82, 2.24) is 4.98 Å². The number of nitrogen functional groups attached to an aromatic ring is 1. The predicted octanol–water partition coefficient (Wildman–Crippen LogP) is 2.22. The van der Waals surface area contributed by atoms with Gasteiger partial charge in [0.15, 0.2) is 10.9 Å².